The maximum atomic E-state index is 3.49. The first kappa shape index (κ1) is 15.0. The molecule has 2 rings (SSSR count). The van der Waals surface area contributed by atoms with Crippen molar-refractivity contribution in [3.63, 3.8) is 0 Å². The van der Waals surface area contributed by atoms with Crippen molar-refractivity contribution in [3.8, 4) is 0 Å². The second kappa shape index (κ2) is 6.35. The van der Waals surface area contributed by atoms with Crippen molar-refractivity contribution >= 4 is 40.5 Å². The summed E-state index contributed by atoms with van der Waals surface area (Å²) in [6.45, 7) is 9.02. The topological polar surface area (TPSA) is 12.0 Å². The van der Waals surface area contributed by atoms with Gasteiger partial charge in [-0.3, -0.25) is 0 Å². The highest BCUT2D eigenvalue weighted by molar-refractivity contribution is 9.11. The molecule has 1 aromatic heterocycles. The molecule has 0 aliphatic carbocycles. The van der Waals surface area contributed by atoms with Gasteiger partial charge in [0.05, 0.1) is 11.9 Å². The van der Waals surface area contributed by atoms with Crippen LogP contribution < -0.4 is 10.5 Å². The number of rotatable bonds is 5. The Kier molecular flexibility index (Phi) is 5.01. The van der Waals surface area contributed by atoms with Crippen LogP contribution >= 0.6 is 27.3 Å². The van der Waals surface area contributed by atoms with E-state index in [-0.39, 0.29) is 0 Å². The molecule has 1 aromatic carbocycles. The van der Waals surface area contributed by atoms with Gasteiger partial charge in [-0.15, -0.1) is 11.3 Å². The van der Waals surface area contributed by atoms with Gasteiger partial charge in [-0.25, -0.2) is 0 Å². The van der Waals surface area contributed by atoms with Crippen LogP contribution in [0.5, 0.6) is 0 Å². The monoisotopic (exact) mass is 353 g/mol. The van der Waals surface area contributed by atoms with Crippen LogP contribution in [0.4, 0.5) is 0 Å². The van der Waals surface area contributed by atoms with Gasteiger partial charge in [0, 0.05) is 18.0 Å². The third-order valence-electron chi connectivity index (χ3n) is 3.08. The van der Waals surface area contributed by atoms with E-state index in [0.29, 0.717) is 0 Å². The Morgan fingerprint density at radius 2 is 1.68 bits per heavy atom. The third kappa shape index (κ3) is 4.56. The maximum absolute atomic E-state index is 3.49. The Morgan fingerprint density at radius 3 is 2.21 bits per heavy atom. The zero-order chi connectivity index (χ0) is 13.9. The van der Waals surface area contributed by atoms with Gasteiger partial charge >= 0.3 is 0 Å². The average molecular weight is 354 g/mol. The standard InChI is InChI=1S/C15H20BrNSSi/c1-19(2,3)14-7-4-12(5-8-14)10-17-11-13-6-9-15(16)18-13/h4-9,17H,10-11H2,1-3H3. The minimum atomic E-state index is -1.16. The quantitative estimate of drug-likeness (QED) is 0.788. The smallest absolute Gasteiger partial charge is 0.0775 e. The molecule has 0 bridgehead atoms. The summed E-state index contributed by atoms with van der Waals surface area (Å²) in [5.41, 5.74) is 1.36. The molecule has 0 saturated carbocycles. The van der Waals surface area contributed by atoms with Crippen LogP contribution in [-0.2, 0) is 13.1 Å². The molecule has 0 spiro atoms. The lowest BCUT2D eigenvalue weighted by molar-refractivity contribution is 0.701. The van der Waals surface area contributed by atoms with Gasteiger partial charge in [-0.1, -0.05) is 49.1 Å². The second-order valence-electron chi connectivity index (χ2n) is 5.76. The number of thiophene rings is 1. The largest absolute Gasteiger partial charge is 0.308 e. The number of nitrogens with one attached hydrogen (secondary N) is 1. The molecule has 0 saturated heterocycles. The van der Waals surface area contributed by atoms with Gasteiger partial charge in [0.1, 0.15) is 0 Å². The lowest BCUT2D eigenvalue weighted by Gasteiger charge is -2.16. The van der Waals surface area contributed by atoms with E-state index in [1.165, 1.54) is 19.4 Å². The number of hydrogen-bond acceptors (Lipinski definition) is 2. The fourth-order valence-corrected chi connectivity index (χ4v) is 4.52. The van der Waals surface area contributed by atoms with Crippen molar-refractivity contribution in [1.82, 2.24) is 5.32 Å². The van der Waals surface area contributed by atoms with E-state index in [2.05, 4.69) is 77.3 Å². The Morgan fingerprint density at radius 1 is 1.00 bits per heavy atom. The number of halogens is 1. The molecule has 102 valence electrons. The first-order valence-corrected chi connectivity index (χ1v) is 11.6. The van der Waals surface area contributed by atoms with Gasteiger partial charge in [0.25, 0.3) is 0 Å². The van der Waals surface area contributed by atoms with Crippen molar-refractivity contribution in [2.24, 2.45) is 0 Å². The highest BCUT2D eigenvalue weighted by Crippen LogP contribution is 2.21. The molecule has 1 heterocycles. The zero-order valence-corrected chi connectivity index (χ0v) is 15.1. The Balaban J connectivity index is 1.86. The van der Waals surface area contributed by atoms with Gasteiger partial charge in [-0.2, -0.15) is 0 Å². The van der Waals surface area contributed by atoms with Gasteiger partial charge in [0.15, 0.2) is 0 Å². The molecule has 0 fully saturated rings. The molecular formula is C15H20BrNSSi. The number of hydrogen-bond donors (Lipinski definition) is 1. The molecule has 1 N–H and O–H groups in total. The Hall–Kier alpha value is -0.423. The summed E-state index contributed by atoms with van der Waals surface area (Å²) in [4.78, 5) is 1.37. The van der Waals surface area contributed by atoms with Crippen molar-refractivity contribution in [2.45, 2.75) is 32.7 Å². The van der Waals surface area contributed by atoms with Crippen LogP contribution in [0.3, 0.4) is 0 Å². The lowest BCUT2D eigenvalue weighted by Crippen LogP contribution is -2.37. The molecule has 0 atom stereocenters. The van der Waals surface area contributed by atoms with Crippen LogP contribution in [0, 0.1) is 0 Å². The molecular weight excluding hydrogens is 334 g/mol. The third-order valence-corrected chi connectivity index (χ3v) is 6.77. The average Bonchev–Trinajstić information content (AvgIpc) is 2.75. The highest BCUT2D eigenvalue weighted by Gasteiger charge is 2.15. The maximum Gasteiger partial charge on any atom is 0.0775 e. The summed E-state index contributed by atoms with van der Waals surface area (Å²) >= 11 is 5.28. The van der Waals surface area contributed by atoms with Crippen LogP contribution in [0.15, 0.2) is 40.2 Å². The Labute approximate surface area is 129 Å². The van der Waals surface area contributed by atoms with E-state index in [0.717, 1.165) is 13.1 Å². The van der Waals surface area contributed by atoms with E-state index in [9.17, 15) is 0 Å². The fourth-order valence-electron chi connectivity index (χ4n) is 1.90. The summed E-state index contributed by atoms with van der Waals surface area (Å²) in [7, 11) is -1.16. The molecule has 4 heteroatoms. The predicted octanol–water partition coefficient (Wildman–Crippen LogP) is 4.35. The lowest BCUT2D eigenvalue weighted by atomic mass is 10.2. The summed E-state index contributed by atoms with van der Waals surface area (Å²) in [6.07, 6.45) is 0. The second-order valence-corrected chi connectivity index (χ2v) is 13.4. The summed E-state index contributed by atoms with van der Waals surface area (Å²) < 4.78 is 1.20. The van der Waals surface area contributed by atoms with E-state index < -0.39 is 8.07 Å². The van der Waals surface area contributed by atoms with E-state index in [1.807, 2.05) is 0 Å². The van der Waals surface area contributed by atoms with Gasteiger partial charge < -0.3 is 5.32 Å². The fraction of sp³-hybridized carbons (Fsp3) is 0.333. The first-order chi connectivity index (χ1) is 8.95. The summed E-state index contributed by atoms with van der Waals surface area (Å²) in [6, 6.07) is 13.4. The minimum Gasteiger partial charge on any atom is -0.308 e. The Bertz CT molecular complexity index is 528. The molecule has 0 amide bonds. The van der Waals surface area contributed by atoms with Crippen LogP contribution in [0.1, 0.15) is 10.4 Å². The van der Waals surface area contributed by atoms with Crippen LogP contribution in [0.2, 0.25) is 19.6 Å². The predicted molar refractivity (Wildman–Crippen MR) is 92.0 cm³/mol. The van der Waals surface area contributed by atoms with E-state index in [4.69, 9.17) is 0 Å². The van der Waals surface area contributed by atoms with E-state index >= 15 is 0 Å². The zero-order valence-electron chi connectivity index (χ0n) is 11.7. The molecule has 19 heavy (non-hydrogen) atoms. The minimum absolute atomic E-state index is 0.932. The molecule has 0 radical (unpaired) electrons. The first-order valence-electron chi connectivity index (χ1n) is 6.49. The molecule has 0 unspecified atom stereocenters. The van der Waals surface area contributed by atoms with Crippen LogP contribution in [0.25, 0.3) is 0 Å². The summed E-state index contributed by atoms with van der Waals surface area (Å²) in [5.74, 6) is 0. The molecule has 1 nitrogen and oxygen atoms in total. The highest BCUT2D eigenvalue weighted by atomic mass is 79.9. The molecule has 2 aromatic rings. The van der Waals surface area contributed by atoms with Crippen molar-refractivity contribution < 1.29 is 0 Å². The van der Waals surface area contributed by atoms with E-state index in [1.54, 1.807) is 11.3 Å². The van der Waals surface area contributed by atoms with Crippen molar-refractivity contribution in [1.29, 1.82) is 0 Å². The summed E-state index contributed by atoms with van der Waals surface area (Å²) in [5, 5.41) is 5.02. The number of benzene rings is 1. The van der Waals surface area contributed by atoms with Crippen molar-refractivity contribution in [3.05, 3.63) is 50.6 Å². The van der Waals surface area contributed by atoms with Crippen LogP contribution in [-0.4, -0.2) is 8.07 Å². The molecule has 0 aliphatic rings. The van der Waals surface area contributed by atoms with Crippen molar-refractivity contribution in [2.75, 3.05) is 0 Å². The van der Waals surface area contributed by atoms with Gasteiger partial charge in [0.2, 0.25) is 0 Å². The van der Waals surface area contributed by atoms with Gasteiger partial charge in [-0.05, 0) is 33.6 Å². The molecule has 0 aliphatic heterocycles. The SMILES string of the molecule is C[Si](C)(C)c1ccc(CNCc2ccc(Br)s2)cc1. The normalized spacial score (nSPS) is 11.8.